The van der Waals surface area contributed by atoms with Gasteiger partial charge in [0.05, 0.1) is 19.1 Å². The van der Waals surface area contributed by atoms with Crippen LogP contribution in [0.15, 0.2) is 0 Å². The van der Waals surface area contributed by atoms with E-state index < -0.39 is 0 Å². The van der Waals surface area contributed by atoms with Gasteiger partial charge in [0.2, 0.25) is 0 Å². The van der Waals surface area contributed by atoms with Gasteiger partial charge in [-0.2, -0.15) is 0 Å². The first kappa shape index (κ1) is 13.3. The normalized spacial score (nSPS) is 11.4. The molecule has 0 aliphatic heterocycles. The van der Waals surface area contributed by atoms with E-state index in [1.165, 1.54) is 0 Å². The number of hydrogen-bond donors (Lipinski definition) is 0. The maximum atomic E-state index is 4.14. The van der Waals surface area contributed by atoms with Gasteiger partial charge in [0, 0.05) is 0 Å². The molecule has 0 fully saturated rings. The topological polar surface area (TPSA) is 0 Å². The fraction of sp³-hybridized carbons (Fsp3) is 0.875. The summed E-state index contributed by atoms with van der Waals surface area (Å²) in [6, 6.07) is 0.653. The molecule has 0 saturated heterocycles. The van der Waals surface area contributed by atoms with E-state index in [2.05, 4.69) is 34.7 Å². The molecule has 0 heterocycles. The van der Waals surface area contributed by atoms with Crippen molar-refractivity contribution in [3.05, 3.63) is 7.05 Å². The first-order valence-corrected chi connectivity index (χ1v) is 3.78. The Balaban J connectivity index is 0. The third-order valence-electron chi connectivity index (χ3n) is 2.36. The van der Waals surface area contributed by atoms with Gasteiger partial charge in [0.25, 0.3) is 0 Å². The largest absolute Gasteiger partial charge is 2.00 e. The summed E-state index contributed by atoms with van der Waals surface area (Å²) in [6.07, 6.45) is 0. The van der Waals surface area contributed by atoms with Crippen LogP contribution in [0.3, 0.4) is 0 Å². The fourth-order valence-electron chi connectivity index (χ4n) is 0.954. The molecular weight excluding hydrogens is 294 g/mol. The van der Waals surface area contributed by atoms with Gasteiger partial charge < -0.3 is 4.48 Å². The maximum Gasteiger partial charge on any atom is 2.00 e. The fourth-order valence-corrected chi connectivity index (χ4v) is 0.954. The van der Waals surface area contributed by atoms with E-state index in [4.69, 9.17) is 0 Å². The summed E-state index contributed by atoms with van der Waals surface area (Å²) >= 11 is 0. The summed E-state index contributed by atoms with van der Waals surface area (Å²) < 4.78 is 0.944. The van der Waals surface area contributed by atoms with Crippen LogP contribution in [-0.4, -0.2) is 23.6 Å². The van der Waals surface area contributed by atoms with Crippen LogP contribution in [0.4, 0.5) is 0 Å². The van der Waals surface area contributed by atoms with E-state index in [9.17, 15) is 0 Å². The summed E-state index contributed by atoms with van der Waals surface area (Å²) in [5.41, 5.74) is 0. The monoisotopic (exact) mass is 313 g/mol. The second-order valence-electron chi connectivity index (χ2n) is 2.94. The summed E-state index contributed by atoms with van der Waals surface area (Å²) in [7, 11) is 4.14. The molecule has 0 bridgehead atoms. The zero-order valence-electron chi connectivity index (χ0n) is 7.55. The zero-order chi connectivity index (χ0) is 7.49. The second-order valence-corrected chi connectivity index (χ2v) is 2.94. The molecule has 0 spiro atoms. The minimum absolute atomic E-state index is 0. The number of nitrogens with zero attached hydrogens (tertiary/aromatic N) is 1. The van der Waals surface area contributed by atoms with Crippen LogP contribution < -0.4 is 0 Å². The van der Waals surface area contributed by atoms with E-state index in [1.807, 2.05) is 0 Å². The van der Waals surface area contributed by atoms with E-state index in [0.717, 1.165) is 17.6 Å². The van der Waals surface area contributed by atoms with E-state index in [-0.39, 0.29) is 21.1 Å². The van der Waals surface area contributed by atoms with Gasteiger partial charge in [-0.05, 0) is 27.7 Å². The van der Waals surface area contributed by atoms with Crippen LogP contribution in [-0.2, 0) is 21.1 Å². The first-order chi connectivity index (χ1) is 4.06. The van der Waals surface area contributed by atoms with Crippen molar-refractivity contribution < 1.29 is 25.5 Å². The third-order valence-corrected chi connectivity index (χ3v) is 2.36. The number of hydrogen-bond acceptors (Lipinski definition) is 0. The molecule has 60 valence electrons. The van der Waals surface area contributed by atoms with Gasteiger partial charge in [-0.25, -0.2) is 0 Å². The van der Waals surface area contributed by atoms with Crippen LogP contribution in [0.25, 0.3) is 0 Å². The van der Waals surface area contributed by atoms with E-state index >= 15 is 0 Å². The van der Waals surface area contributed by atoms with Crippen LogP contribution in [0.2, 0.25) is 0 Å². The summed E-state index contributed by atoms with van der Waals surface area (Å²) in [5.74, 6) is 0. The van der Waals surface area contributed by atoms with Crippen molar-refractivity contribution in [2.24, 2.45) is 0 Å². The smallest absolute Gasteiger partial charge is 0.455 e. The van der Waals surface area contributed by atoms with Crippen LogP contribution in [0.1, 0.15) is 27.7 Å². The van der Waals surface area contributed by atoms with Gasteiger partial charge in [-0.3, -0.25) is 0 Å². The molecule has 1 nitrogen and oxygen atoms in total. The molecule has 0 rings (SSSR count). The van der Waals surface area contributed by atoms with Crippen LogP contribution in [0.5, 0.6) is 0 Å². The SMILES string of the molecule is [CH2-][N+](CC)(CC)C(C)C.[W+2]. The van der Waals surface area contributed by atoms with Gasteiger partial charge >= 0.3 is 21.1 Å². The molecular formula is C8H19NW+2. The van der Waals surface area contributed by atoms with Crippen molar-refractivity contribution in [2.45, 2.75) is 33.7 Å². The molecule has 0 N–H and O–H groups in total. The predicted octanol–water partition coefficient (Wildman–Crippen LogP) is 2.04. The van der Waals surface area contributed by atoms with Gasteiger partial charge in [0.1, 0.15) is 0 Å². The van der Waals surface area contributed by atoms with Crippen molar-refractivity contribution in [1.29, 1.82) is 0 Å². The molecule has 0 aromatic heterocycles. The minimum Gasteiger partial charge on any atom is -0.455 e. The minimum atomic E-state index is 0. The van der Waals surface area contributed by atoms with Crippen LogP contribution >= 0.6 is 0 Å². The molecule has 0 radical (unpaired) electrons. The van der Waals surface area contributed by atoms with Gasteiger partial charge in [0.15, 0.2) is 0 Å². The molecule has 0 amide bonds. The van der Waals surface area contributed by atoms with Crippen molar-refractivity contribution >= 4 is 0 Å². The standard InChI is InChI=1S/C8H19N.W/c1-6-9(5,7-2)8(3)4;/h8H,5-7H2,1-4H3;/q;+2. The average Bonchev–Trinajstić information content (AvgIpc) is 1.86. The Morgan fingerprint density at radius 2 is 1.50 bits per heavy atom. The average molecular weight is 313 g/mol. The van der Waals surface area contributed by atoms with Crippen LogP contribution in [0, 0.1) is 7.05 Å². The van der Waals surface area contributed by atoms with Gasteiger partial charge in [-0.15, -0.1) is 7.05 Å². The molecule has 10 heavy (non-hydrogen) atoms. The molecule has 0 aliphatic rings. The van der Waals surface area contributed by atoms with Gasteiger partial charge in [-0.1, -0.05) is 0 Å². The summed E-state index contributed by atoms with van der Waals surface area (Å²) in [5, 5.41) is 0. The summed E-state index contributed by atoms with van der Waals surface area (Å²) in [4.78, 5) is 0. The number of rotatable bonds is 3. The first-order valence-electron chi connectivity index (χ1n) is 3.78. The Hall–Kier alpha value is 0.648. The van der Waals surface area contributed by atoms with E-state index in [1.54, 1.807) is 0 Å². The predicted molar refractivity (Wildman–Crippen MR) is 41.8 cm³/mol. The number of quaternary nitrogens is 1. The molecule has 0 saturated carbocycles. The summed E-state index contributed by atoms with van der Waals surface area (Å²) in [6.45, 7) is 11.1. The van der Waals surface area contributed by atoms with Crippen molar-refractivity contribution in [3.8, 4) is 0 Å². The molecule has 0 aromatic carbocycles. The maximum absolute atomic E-state index is 4.14. The zero-order valence-corrected chi connectivity index (χ0v) is 10.5. The molecule has 0 aromatic rings. The van der Waals surface area contributed by atoms with Crippen molar-refractivity contribution in [3.63, 3.8) is 0 Å². The Labute approximate surface area is 79.7 Å². The molecule has 0 atom stereocenters. The molecule has 0 unspecified atom stereocenters. The molecule has 0 aliphatic carbocycles. The Bertz CT molecular complexity index is 77.3. The van der Waals surface area contributed by atoms with Crippen molar-refractivity contribution in [2.75, 3.05) is 13.1 Å². The Morgan fingerprint density at radius 1 is 1.20 bits per heavy atom. The van der Waals surface area contributed by atoms with E-state index in [0.29, 0.717) is 6.04 Å². The third kappa shape index (κ3) is 3.16. The second kappa shape index (κ2) is 5.32. The van der Waals surface area contributed by atoms with Crippen molar-refractivity contribution in [1.82, 2.24) is 0 Å². The Morgan fingerprint density at radius 3 is 1.50 bits per heavy atom. The quantitative estimate of drug-likeness (QED) is 0.553. The molecule has 2 heteroatoms. The Kier molecular flexibility index (Phi) is 7.05.